The summed E-state index contributed by atoms with van der Waals surface area (Å²) in [5.74, 6) is 0. The van der Waals surface area contributed by atoms with Gasteiger partial charge >= 0.3 is 0 Å². The fourth-order valence-corrected chi connectivity index (χ4v) is 2.37. The molecule has 1 N–H and O–H groups in total. The van der Waals surface area contributed by atoms with Crippen molar-refractivity contribution in [3.63, 3.8) is 0 Å². The standard InChI is InChI=1S/C16H18ClNO/c1-18(17)12-15(19)11-14-9-5-6-10-16(14)13-7-3-2-4-8-13/h2-10,15,19H,11-12H2,1H3. The molecule has 0 saturated carbocycles. The quantitative estimate of drug-likeness (QED) is 0.846. The summed E-state index contributed by atoms with van der Waals surface area (Å²) in [6.45, 7) is 0.449. The van der Waals surface area contributed by atoms with E-state index in [9.17, 15) is 5.11 Å². The molecule has 0 fully saturated rings. The van der Waals surface area contributed by atoms with Gasteiger partial charge in [0, 0.05) is 20.0 Å². The molecule has 2 nitrogen and oxygen atoms in total. The molecule has 2 aromatic carbocycles. The van der Waals surface area contributed by atoms with Crippen molar-refractivity contribution in [2.45, 2.75) is 12.5 Å². The molecule has 0 amide bonds. The summed E-state index contributed by atoms with van der Waals surface area (Å²) in [4.78, 5) is 0. The third-order valence-electron chi connectivity index (χ3n) is 3.02. The van der Waals surface area contributed by atoms with Crippen molar-refractivity contribution in [3.8, 4) is 11.1 Å². The molecule has 0 saturated heterocycles. The summed E-state index contributed by atoms with van der Waals surface area (Å²) in [5, 5.41) is 10.0. The zero-order valence-corrected chi connectivity index (χ0v) is 11.7. The van der Waals surface area contributed by atoms with Crippen LogP contribution in [0.5, 0.6) is 0 Å². The summed E-state index contributed by atoms with van der Waals surface area (Å²) in [5.41, 5.74) is 3.48. The Hall–Kier alpha value is -1.35. The SMILES string of the molecule is CN(Cl)CC(O)Cc1ccccc1-c1ccccc1. The maximum atomic E-state index is 10.0. The van der Waals surface area contributed by atoms with Gasteiger partial charge in [0.1, 0.15) is 0 Å². The zero-order valence-electron chi connectivity index (χ0n) is 11.0. The lowest BCUT2D eigenvalue weighted by molar-refractivity contribution is 0.154. The van der Waals surface area contributed by atoms with Crippen LogP contribution in [0.4, 0.5) is 0 Å². The van der Waals surface area contributed by atoms with Crippen LogP contribution >= 0.6 is 11.8 Å². The van der Waals surface area contributed by atoms with Gasteiger partial charge in [0.15, 0.2) is 0 Å². The predicted octanol–water partition coefficient (Wildman–Crippen LogP) is 3.34. The minimum atomic E-state index is -0.465. The molecule has 2 rings (SSSR count). The summed E-state index contributed by atoms with van der Waals surface area (Å²) >= 11 is 5.77. The Morgan fingerprint density at radius 3 is 2.37 bits per heavy atom. The third-order valence-corrected chi connectivity index (χ3v) is 3.16. The normalized spacial score (nSPS) is 12.6. The fraction of sp³-hybridized carbons (Fsp3) is 0.250. The Balaban J connectivity index is 2.22. The number of hydrogen-bond acceptors (Lipinski definition) is 2. The van der Waals surface area contributed by atoms with Crippen LogP contribution in [0.2, 0.25) is 0 Å². The van der Waals surface area contributed by atoms with Gasteiger partial charge in [-0.1, -0.05) is 54.6 Å². The molecule has 0 aliphatic heterocycles. The first-order chi connectivity index (χ1) is 9.16. The predicted molar refractivity (Wildman–Crippen MR) is 80.1 cm³/mol. The largest absolute Gasteiger partial charge is 0.391 e. The zero-order chi connectivity index (χ0) is 13.7. The van der Waals surface area contributed by atoms with E-state index in [-0.39, 0.29) is 0 Å². The number of halogens is 1. The van der Waals surface area contributed by atoms with E-state index in [0.717, 1.165) is 5.56 Å². The van der Waals surface area contributed by atoms with E-state index in [1.165, 1.54) is 15.5 Å². The highest BCUT2D eigenvalue weighted by Crippen LogP contribution is 2.24. The molecule has 0 aliphatic rings. The molecule has 3 heteroatoms. The van der Waals surface area contributed by atoms with Crippen molar-refractivity contribution >= 4 is 11.8 Å². The Kier molecular flexibility index (Phi) is 4.97. The second-order valence-electron chi connectivity index (χ2n) is 4.67. The lowest BCUT2D eigenvalue weighted by atomic mass is 9.96. The highest BCUT2D eigenvalue weighted by Gasteiger charge is 2.11. The molecule has 0 spiro atoms. The van der Waals surface area contributed by atoms with E-state index in [1.807, 2.05) is 30.3 Å². The number of aliphatic hydroxyl groups excluding tert-OH is 1. The van der Waals surface area contributed by atoms with Gasteiger partial charge in [0.2, 0.25) is 0 Å². The van der Waals surface area contributed by atoms with Crippen molar-refractivity contribution in [3.05, 3.63) is 60.2 Å². The molecule has 0 heterocycles. The first-order valence-corrected chi connectivity index (χ1v) is 6.69. The van der Waals surface area contributed by atoms with Crippen LogP contribution in [-0.4, -0.2) is 29.2 Å². The van der Waals surface area contributed by atoms with Crippen molar-refractivity contribution < 1.29 is 5.11 Å². The van der Waals surface area contributed by atoms with E-state index in [0.29, 0.717) is 13.0 Å². The van der Waals surface area contributed by atoms with Gasteiger partial charge in [-0.15, -0.1) is 0 Å². The van der Waals surface area contributed by atoms with Gasteiger partial charge in [-0.05, 0) is 28.5 Å². The van der Waals surface area contributed by atoms with E-state index < -0.39 is 6.10 Å². The van der Waals surface area contributed by atoms with Crippen molar-refractivity contribution in [2.75, 3.05) is 13.6 Å². The first-order valence-electron chi connectivity index (χ1n) is 6.35. The van der Waals surface area contributed by atoms with Gasteiger partial charge in [-0.2, -0.15) is 0 Å². The van der Waals surface area contributed by atoms with Gasteiger partial charge < -0.3 is 5.11 Å². The Morgan fingerprint density at radius 2 is 1.68 bits per heavy atom. The topological polar surface area (TPSA) is 23.5 Å². The summed E-state index contributed by atoms with van der Waals surface area (Å²) in [7, 11) is 1.74. The second kappa shape index (κ2) is 6.71. The Bertz CT molecular complexity index is 513. The monoisotopic (exact) mass is 275 g/mol. The highest BCUT2D eigenvalue weighted by molar-refractivity contribution is 6.13. The van der Waals surface area contributed by atoms with Crippen LogP contribution in [0, 0.1) is 0 Å². The number of benzene rings is 2. The van der Waals surface area contributed by atoms with E-state index >= 15 is 0 Å². The molecule has 0 aliphatic carbocycles. The summed E-state index contributed by atoms with van der Waals surface area (Å²) < 4.78 is 1.48. The van der Waals surface area contributed by atoms with Gasteiger partial charge in [-0.3, -0.25) is 0 Å². The van der Waals surface area contributed by atoms with Crippen LogP contribution in [0.25, 0.3) is 11.1 Å². The molecular weight excluding hydrogens is 258 g/mol. The fourth-order valence-electron chi connectivity index (χ4n) is 2.21. The van der Waals surface area contributed by atoms with E-state index in [2.05, 4.69) is 24.3 Å². The lowest BCUT2D eigenvalue weighted by Crippen LogP contribution is -2.24. The molecule has 0 aromatic heterocycles. The number of nitrogens with zero attached hydrogens (tertiary/aromatic N) is 1. The van der Waals surface area contributed by atoms with E-state index in [1.54, 1.807) is 7.05 Å². The van der Waals surface area contributed by atoms with Crippen molar-refractivity contribution in [2.24, 2.45) is 0 Å². The molecule has 100 valence electrons. The molecule has 19 heavy (non-hydrogen) atoms. The average molecular weight is 276 g/mol. The minimum Gasteiger partial charge on any atom is -0.391 e. The number of aliphatic hydroxyl groups is 1. The first kappa shape index (κ1) is 14.1. The number of rotatable bonds is 5. The van der Waals surface area contributed by atoms with Crippen molar-refractivity contribution in [1.82, 2.24) is 4.42 Å². The van der Waals surface area contributed by atoms with Gasteiger partial charge in [0.05, 0.1) is 6.10 Å². The third kappa shape index (κ3) is 4.06. The number of hydrogen-bond donors (Lipinski definition) is 1. The highest BCUT2D eigenvalue weighted by atomic mass is 35.5. The average Bonchev–Trinajstić information content (AvgIpc) is 2.39. The van der Waals surface area contributed by atoms with Gasteiger partial charge in [-0.25, -0.2) is 4.42 Å². The maximum Gasteiger partial charge on any atom is 0.0720 e. The lowest BCUT2D eigenvalue weighted by Gasteiger charge is -2.16. The second-order valence-corrected chi connectivity index (χ2v) is 5.25. The number of likely N-dealkylation sites (N-methyl/N-ethyl adjacent to an activating group) is 1. The molecule has 0 radical (unpaired) electrons. The van der Waals surface area contributed by atoms with Crippen LogP contribution in [-0.2, 0) is 6.42 Å². The van der Waals surface area contributed by atoms with Crippen LogP contribution < -0.4 is 0 Å². The molecule has 2 aromatic rings. The maximum absolute atomic E-state index is 10.0. The van der Waals surface area contributed by atoms with Crippen LogP contribution in [0.3, 0.4) is 0 Å². The smallest absolute Gasteiger partial charge is 0.0720 e. The Morgan fingerprint density at radius 1 is 1.05 bits per heavy atom. The van der Waals surface area contributed by atoms with E-state index in [4.69, 9.17) is 11.8 Å². The molecule has 0 bridgehead atoms. The summed E-state index contributed by atoms with van der Waals surface area (Å²) in [6.07, 6.45) is 0.134. The molecule has 1 atom stereocenters. The minimum absolute atomic E-state index is 0.449. The summed E-state index contributed by atoms with van der Waals surface area (Å²) in [6, 6.07) is 18.4. The van der Waals surface area contributed by atoms with Gasteiger partial charge in [0.25, 0.3) is 0 Å². The van der Waals surface area contributed by atoms with Crippen LogP contribution in [0.15, 0.2) is 54.6 Å². The molecular formula is C16H18ClNO. The molecule has 1 unspecified atom stereocenters. The van der Waals surface area contributed by atoms with Crippen molar-refractivity contribution in [1.29, 1.82) is 0 Å². The van der Waals surface area contributed by atoms with Crippen LogP contribution in [0.1, 0.15) is 5.56 Å². The Labute approximate surface area is 119 Å².